The summed E-state index contributed by atoms with van der Waals surface area (Å²) in [6.07, 6.45) is 0. The van der Waals surface area contributed by atoms with Crippen LogP contribution in [-0.4, -0.2) is 30.0 Å². The van der Waals surface area contributed by atoms with E-state index in [2.05, 4.69) is 15.0 Å². The first-order valence-corrected chi connectivity index (χ1v) is 6.09. The van der Waals surface area contributed by atoms with Crippen LogP contribution in [0, 0.1) is 10.1 Å². The number of methoxy groups -OCH3 is 1. The van der Waals surface area contributed by atoms with Crippen molar-refractivity contribution in [2.45, 2.75) is 0 Å². The SMILES string of the molecule is CNc1cc(-c2ccccc2)nc(C(=O)OC)c1[N+](=O)[O-]. The number of esters is 1. The zero-order chi connectivity index (χ0) is 15.4. The Labute approximate surface area is 120 Å². The number of ether oxygens (including phenoxy) is 1. The molecule has 0 atom stereocenters. The first-order chi connectivity index (χ1) is 10.1. The number of nitrogens with one attached hydrogen (secondary N) is 1. The third-order valence-electron chi connectivity index (χ3n) is 2.89. The highest BCUT2D eigenvalue weighted by molar-refractivity contribution is 5.95. The Morgan fingerprint density at radius 2 is 2.00 bits per heavy atom. The first-order valence-electron chi connectivity index (χ1n) is 6.09. The van der Waals surface area contributed by atoms with E-state index in [0.717, 1.165) is 12.7 Å². The average Bonchev–Trinajstić information content (AvgIpc) is 2.53. The largest absolute Gasteiger partial charge is 0.464 e. The van der Waals surface area contributed by atoms with E-state index in [-0.39, 0.29) is 11.4 Å². The molecule has 1 aromatic carbocycles. The molecule has 0 spiro atoms. The lowest BCUT2D eigenvalue weighted by Gasteiger charge is -2.09. The van der Waals surface area contributed by atoms with E-state index < -0.39 is 16.6 Å². The van der Waals surface area contributed by atoms with E-state index in [0.29, 0.717) is 5.69 Å². The minimum Gasteiger partial charge on any atom is -0.464 e. The van der Waals surface area contributed by atoms with E-state index in [1.165, 1.54) is 13.1 Å². The average molecular weight is 287 g/mol. The lowest BCUT2D eigenvalue weighted by Crippen LogP contribution is -2.11. The number of carbonyl (C=O) groups excluding carboxylic acids is 1. The molecule has 0 saturated carbocycles. The fourth-order valence-electron chi connectivity index (χ4n) is 1.91. The number of nitro groups is 1. The summed E-state index contributed by atoms with van der Waals surface area (Å²) >= 11 is 0. The topological polar surface area (TPSA) is 94.4 Å². The monoisotopic (exact) mass is 287 g/mol. The number of rotatable bonds is 4. The molecule has 0 amide bonds. The van der Waals surface area contributed by atoms with E-state index in [1.54, 1.807) is 12.1 Å². The van der Waals surface area contributed by atoms with Crippen molar-refractivity contribution in [3.05, 3.63) is 52.2 Å². The molecule has 7 nitrogen and oxygen atoms in total. The number of hydrogen-bond donors (Lipinski definition) is 1. The summed E-state index contributed by atoms with van der Waals surface area (Å²) in [5.74, 6) is -0.851. The van der Waals surface area contributed by atoms with Crippen LogP contribution in [0.2, 0.25) is 0 Å². The summed E-state index contributed by atoms with van der Waals surface area (Å²) in [7, 11) is 2.69. The number of pyridine rings is 1. The predicted molar refractivity (Wildman–Crippen MR) is 77.2 cm³/mol. The maximum absolute atomic E-state index is 11.8. The van der Waals surface area contributed by atoms with Gasteiger partial charge in [0.25, 0.3) is 0 Å². The molecule has 0 fully saturated rings. The zero-order valence-electron chi connectivity index (χ0n) is 11.5. The Kier molecular flexibility index (Phi) is 4.13. The van der Waals surface area contributed by atoms with Gasteiger partial charge < -0.3 is 10.1 Å². The molecule has 1 aromatic heterocycles. The molecular weight excluding hydrogens is 274 g/mol. The second-order valence-corrected chi connectivity index (χ2v) is 4.12. The maximum atomic E-state index is 11.8. The molecule has 2 aromatic rings. The van der Waals surface area contributed by atoms with Crippen LogP contribution < -0.4 is 5.32 Å². The van der Waals surface area contributed by atoms with Gasteiger partial charge >= 0.3 is 11.7 Å². The Hall–Kier alpha value is -2.96. The second kappa shape index (κ2) is 6.00. The lowest BCUT2D eigenvalue weighted by atomic mass is 10.1. The molecule has 1 heterocycles. The quantitative estimate of drug-likeness (QED) is 0.527. The van der Waals surface area contributed by atoms with Crippen molar-refractivity contribution >= 4 is 17.3 Å². The molecule has 0 bridgehead atoms. The minimum absolute atomic E-state index is 0.203. The van der Waals surface area contributed by atoms with Crippen LogP contribution in [0.5, 0.6) is 0 Å². The third-order valence-corrected chi connectivity index (χ3v) is 2.89. The summed E-state index contributed by atoms with van der Waals surface area (Å²) in [4.78, 5) is 26.4. The van der Waals surface area contributed by atoms with Crippen molar-refractivity contribution in [3.63, 3.8) is 0 Å². The summed E-state index contributed by atoms with van der Waals surface area (Å²) < 4.78 is 4.58. The smallest absolute Gasteiger partial charge is 0.364 e. The highest BCUT2D eigenvalue weighted by Gasteiger charge is 2.28. The van der Waals surface area contributed by atoms with Gasteiger partial charge in [-0.3, -0.25) is 10.1 Å². The fourth-order valence-corrected chi connectivity index (χ4v) is 1.91. The summed E-state index contributed by atoms with van der Waals surface area (Å²) in [6.45, 7) is 0. The van der Waals surface area contributed by atoms with E-state index in [4.69, 9.17) is 0 Å². The van der Waals surface area contributed by atoms with Gasteiger partial charge in [0.15, 0.2) is 0 Å². The second-order valence-electron chi connectivity index (χ2n) is 4.12. The van der Waals surface area contributed by atoms with Gasteiger partial charge in [-0.25, -0.2) is 9.78 Å². The number of hydrogen-bond acceptors (Lipinski definition) is 6. The number of aromatic nitrogens is 1. The van der Waals surface area contributed by atoms with Crippen LogP contribution >= 0.6 is 0 Å². The molecule has 0 saturated heterocycles. The van der Waals surface area contributed by atoms with Crippen molar-refractivity contribution in [2.24, 2.45) is 0 Å². The Balaban J connectivity index is 2.71. The van der Waals surface area contributed by atoms with Gasteiger partial charge in [-0.05, 0) is 6.07 Å². The van der Waals surface area contributed by atoms with Gasteiger partial charge in [0.1, 0.15) is 5.69 Å². The summed E-state index contributed by atoms with van der Waals surface area (Å²) in [5.41, 5.74) is 0.673. The molecule has 2 rings (SSSR count). The number of nitrogens with zero attached hydrogens (tertiary/aromatic N) is 2. The molecule has 0 radical (unpaired) electrons. The van der Waals surface area contributed by atoms with Crippen LogP contribution in [0.25, 0.3) is 11.3 Å². The minimum atomic E-state index is -0.851. The first kappa shape index (κ1) is 14.4. The maximum Gasteiger partial charge on any atom is 0.364 e. The van der Waals surface area contributed by atoms with E-state index in [1.807, 2.05) is 18.2 Å². The molecular formula is C14H13N3O4. The fraction of sp³-hybridized carbons (Fsp3) is 0.143. The summed E-state index contributed by atoms with van der Waals surface area (Å²) in [5, 5.41) is 13.9. The van der Waals surface area contributed by atoms with Gasteiger partial charge in [0.2, 0.25) is 5.69 Å². The van der Waals surface area contributed by atoms with Crippen molar-refractivity contribution in [1.82, 2.24) is 4.98 Å². The van der Waals surface area contributed by atoms with Crippen LogP contribution in [0.15, 0.2) is 36.4 Å². The van der Waals surface area contributed by atoms with Crippen molar-refractivity contribution in [3.8, 4) is 11.3 Å². The third kappa shape index (κ3) is 2.81. The van der Waals surface area contributed by atoms with Crippen LogP contribution in [0.4, 0.5) is 11.4 Å². The van der Waals surface area contributed by atoms with Gasteiger partial charge in [0, 0.05) is 12.6 Å². The van der Waals surface area contributed by atoms with E-state index >= 15 is 0 Å². The Morgan fingerprint density at radius 1 is 1.33 bits per heavy atom. The zero-order valence-corrected chi connectivity index (χ0v) is 11.5. The molecule has 21 heavy (non-hydrogen) atoms. The lowest BCUT2D eigenvalue weighted by molar-refractivity contribution is -0.384. The number of benzene rings is 1. The van der Waals surface area contributed by atoms with Crippen LogP contribution in [0.1, 0.15) is 10.5 Å². The molecule has 7 heteroatoms. The van der Waals surface area contributed by atoms with Gasteiger partial charge in [-0.2, -0.15) is 0 Å². The number of anilines is 1. The van der Waals surface area contributed by atoms with E-state index in [9.17, 15) is 14.9 Å². The predicted octanol–water partition coefficient (Wildman–Crippen LogP) is 2.49. The Morgan fingerprint density at radius 3 is 2.52 bits per heavy atom. The highest BCUT2D eigenvalue weighted by atomic mass is 16.6. The standard InChI is InChI=1S/C14H13N3O4/c1-15-11-8-10(9-6-4-3-5-7-9)16-12(14(18)21-2)13(11)17(19)20/h3-8H,1-2H3,(H,15,16). The van der Waals surface area contributed by atoms with Crippen molar-refractivity contribution in [1.29, 1.82) is 0 Å². The summed E-state index contributed by atoms with van der Waals surface area (Å²) in [6, 6.07) is 10.6. The van der Waals surface area contributed by atoms with Crippen LogP contribution in [-0.2, 0) is 4.74 Å². The molecule has 0 aliphatic carbocycles. The molecule has 108 valence electrons. The number of carbonyl (C=O) groups is 1. The molecule has 0 aliphatic heterocycles. The van der Waals surface area contributed by atoms with Gasteiger partial charge in [-0.15, -0.1) is 0 Å². The van der Waals surface area contributed by atoms with Crippen LogP contribution in [0.3, 0.4) is 0 Å². The van der Waals surface area contributed by atoms with Gasteiger partial charge in [0.05, 0.1) is 17.7 Å². The molecule has 0 unspecified atom stereocenters. The van der Waals surface area contributed by atoms with Crippen molar-refractivity contribution < 1.29 is 14.5 Å². The molecule has 0 aliphatic rings. The molecule has 1 N–H and O–H groups in total. The normalized spacial score (nSPS) is 10.0. The highest BCUT2D eigenvalue weighted by Crippen LogP contribution is 2.32. The van der Waals surface area contributed by atoms with Gasteiger partial charge in [-0.1, -0.05) is 30.3 Å². The van der Waals surface area contributed by atoms with Crippen molar-refractivity contribution in [2.75, 3.05) is 19.5 Å². The Bertz CT molecular complexity index is 686.